The van der Waals surface area contributed by atoms with E-state index in [0.29, 0.717) is 6.42 Å². The maximum atomic E-state index is 12.3. The van der Waals surface area contributed by atoms with Crippen LogP contribution < -0.4 is 0 Å². The molecule has 1 aromatic rings. The summed E-state index contributed by atoms with van der Waals surface area (Å²) in [5.41, 5.74) is 0. The summed E-state index contributed by atoms with van der Waals surface area (Å²) in [4.78, 5) is 32.7. The second-order valence-electron chi connectivity index (χ2n) is 6.42. The van der Waals surface area contributed by atoms with Crippen LogP contribution >= 0.6 is 11.3 Å². The second kappa shape index (κ2) is 6.01. The van der Waals surface area contributed by atoms with Gasteiger partial charge in [0.25, 0.3) is 0 Å². The van der Waals surface area contributed by atoms with E-state index in [4.69, 9.17) is 0 Å². The summed E-state index contributed by atoms with van der Waals surface area (Å²) in [6.45, 7) is 4.27. The molecule has 2 saturated heterocycles. The van der Waals surface area contributed by atoms with E-state index in [2.05, 4.69) is 24.0 Å². The Morgan fingerprint density at radius 3 is 2.77 bits per heavy atom. The molecular formula is C16H23N3O2S. The smallest absolute Gasteiger partial charge is 0.241 e. The SMILES string of the molecule is Cc1ccc(CN2CC[C@@H]3[C@H]2CC(=O)N3CC(=O)N(C)C)s1. The van der Waals surface area contributed by atoms with Crippen molar-refractivity contribution in [1.82, 2.24) is 14.7 Å². The normalized spacial score (nSPS) is 24.9. The number of carbonyl (C=O) groups excluding carboxylic acids is 2. The fraction of sp³-hybridized carbons (Fsp3) is 0.625. The number of likely N-dealkylation sites (tertiary alicyclic amines) is 2. The molecule has 2 aliphatic rings. The molecule has 2 fully saturated rings. The first kappa shape index (κ1) is 15.5. The van der Waals surface area contributed by atoms with E-state index in [1.54, 1.807) is 23.9 Å². The Hall–Kier alpha value is -1.40. The number of aryl methyl sites for hydroxylation is 1. The van der Waals surface area contributed by atoms with E-state index in [0.717, 1.165) is 19.5 Å². The lowest BCUT2D eigenvalue weighted by molar-refractivity contribution is -0.138. The zero-order chi connectivity index (χ0) is 15.9. The molecule has 0 aromatic carbocycles. The summed E-state index contributed by atoms with van der Waals surface area (Å²) in [6, 6.07) is 4.80. The van der Waals surface area contributed by atoms with Crippen molar-refractivity contribution in [2.45, 2.75) is 38.4 Å². The van der Waals surface area contributed by atoms with Crippen LogP contribution in [-0.2, 0) is 16.1 Å². The molecule has 0 N–H and O–H groups in total. The Bertz CT molecular complexity index is 584. The molecule has 2 atom stereocenters. The van der Waals surface area contributed by atoms with Crippen LogP contribution in [0.25, 0.3) is 0 Å². The molecule has 0 saturated carbocycles. The largest absolute Gasteiger partial charge is 0.347 e. The summed E-state index contributed by atoms with van der Waals surface area (Å²) >= 11 is 1.82. The molecule has 120 valence electrons. The molecule has 22 heavy (non-hydrogen) atoms. The first-order valence-corrected chi connectivity index (χ1v) is 8.56. The molecule has 0 aliphatic carbocycles. The fourth-order valence-corrected chi connectivity index (χ4v) is 4.38. The maximum absolute atomic E-state index is 12.3. The summed E-state index contributed by atoms with van der Waals surface area (Å²) in [6.07, 6.45) is 1.53. The number of nitrogens with zero attached hydrogens (tertiary/aromatic N) is 3. The first-order valence-electron chi connectivity index (χ1n) is 7.74. The van der Waals surface area contributed by atoms with Crippen molar-refractivity contribution >= 4 is 23.2 Å². The highest BCUT2D eigenvalue weighted by molar-refractivity contribution is 7.11. The molecule has 0 radical (unpaired) electrons. The molecule has 5 nitrogen and oxygen atoms in total. The van der Waals surface area contributed by atoms with Crippen molar-refractivity contribution in [1.29, 1.82) is 0 Å². The van der Waals surface area contributed by atoms with E-state index < -0.39 is 0 Å². The van der Waals surface area contributed by atoms with E-state index in [9.17, 15) is 9.59 Å². The van der Waals surface area contributed by atoms with Gasteiger partial charge < -0.3 is 9.80 Å². The first-order chi connectivity index (χ1) is 10.5. The maximum Gasteiger partial charge on any atom is 0.241 e. The fourth-order valence-electron chi connectivity index (χ4n) is 3.47. The summed E-state index contributed by atoms with van der Waals surface area (Å²) < 4.78 is 0. The van der Waals surface area contributed by atoms with Gasteiger partial charge in [-0.3, -0.25) is 14.5 Å². The van der Waals surface area contributed by atoms with Gasteiger partial charge in [0, 0.05) is 55.4 Å². The molecule has 2 aliphatic heterocycles. The quantitative estimate of drug-likeness (QED) is 0.840. The molecule has 3 rings (SSSR count). The topological polar surface area (TPSA) is 43.9 Å². The summed E-state index contributed by atoms with van der Waals surface area (Å²) in [5.74, 6) is 0.124. The highest BCUT2D eigenvalue weighted by Gasteiger charge is 2.47. The lowest BCUT2D eigenvalue weighted by Crippen LogP contribution is -2.43. The van der Waals surface area contributed by atoms with Crippen LogP contribution in [0.1, 0.15) is 22.6 Å². The number of hydrogen-bond acceptors (Lipinski definition) is 4. The van der Waals surface area contributed by atoms with Gasteiger partial charge >= 0.3 is 0 Å². The third-order valence-electron chi connectivity index (χ3n) is 4.69. The van der Waals surface area contributed by atoms with Crippen LogP contribution in [-0.4, -0.2) is 65.8 Å². The molecule has 1 aromatic heterocycles. The van der Waals surface area contributed by atoms with Gasteiger partial charge in [0.15, 0.2) is 0 Å². The number of thiophene rings is 1. The highest BCUT2D eigenvalue weighted by atomic mass is 32.1. The molecule has 0 spiro atoms. The monoisotopic (exact) mass is 321 g/mol. The molecule has 0 bridgehead atoms. The average molecular weight is 321 g/mol. The Labute approximate surface area is 135 Å². The summed E-state index contributed by atoms with van der Waals surface area (Å²) in [7, 11) is 3.47. The molecule has 0 unspecified atom stereocenters. The van der Waals surface area contributed by atoms with Crippen LogP contribution in [0.4, 0.5) is 0 Å². The predicted octanol–water partition coefficient (Wildman–Crippen LogP) is 1.32. The van der Waals surface area contributed by atoms with Crippen molar-refractivity contribution in [2.24, 2.45) is 0 Å². The predicted molar refractivity (Wildman–Crippen MR) is 86.7 cm³/mol. The van der Waals surface area contributed by atoms with E-state index in [-0.39, 0.29) is 30.4 Å². The average Bonchev–Trinajstić information content (AvgIpc) is 3.11. The Morgan fingerprint density at radius 2 is 2.14 bits per heavy atom. The molecule has 2 amide bonds. The second-order valence-corrected chi connectivity index (χ2v) is 7.79. The van der Waals surface area contributed by atoms with Gasteiger partial charge in [-0.25, -0.2) is 0 Å². The highest BCUT2D eigenvalue weighted by Crippen LogP contribution is 2.34. The lowest BCUT2D eigenvalue weighted by atomic mass is 10.1. The van der Waals surface area contributed by atoms with Gasteiger partial charge in [-0.2, -0.15) is 0 Å². The minimum Gasteiger partial charge on any atom is -0.347 e. The van der Waals surface area contributed by atoms with E-state index >= 15 is 0 Å². The Morgan fingerprint density at radius 1 is 1.36 bits per heavy atom. The van der Waals surface area contributed by atoms with Crippen LogP contribution in [0.2, 0.25) is 0 Å². The summed E-state index contributed by atoms with van der Waals surface area (Å²) in [5, 5.41) is 0. The number of rotatable bonds is 4. The van der Waals surface area contributed by atoms with Gasteiger partial charge in [-0.15, -0.1) is 11.3 Å². The molecular weight excluding hydrogens is 298 g/mol. The number of likely N-dealkylation sites (N-methyl/N-ethyl adjacent to an activating group) is 1. The van der Waals surface area contributed by atoms with Crippen LogP contribution in [0.3, 0.4) is 0 Å². The van der Waals surface area contributed by atoms with Crippen LogP contribution in [0, 0.1) is 6.92 Å². The zero-order valence-corrected chi connectivity index (χ0v) is 14.2. The Kier molecular flexibility index (Phi) is 4.23. The van der Waals surface area contributed by atoms with Crippen molar-refractivity contribution < 1.29 is 9.59 Å². The van der Waals surface area contributed by atoms with Gasteiger partial charge in [0.05, 0.1) is 0 Å². The van der Waals surface area contributed by atoms with E-state index in [1.807, 2.05) is 11.3 Å². The van der Waals surface area contributed by atoms with Crippen LogP contribution in [0.15, 0.2) is 12.1 Å². The minimum atomic E-state index is 0.00123. The molecule has 3 heterocycles. The minimum absolute atomic E-state index is 0.00123. The number of fused-ring (bicyclic) bond motifs is 1. The van der Waals surface area contributed by atoms with Crippen molar-refractivity contribution in [2.75, 3.05) is 27.2 Å². The van der Waals surface area contributed by atoms with Crippen molar-refractivity contribution in [3.63, 3.8) is 0 Å². The third kappa shape index (κ3) is 2.90. The van der Waals surface area contributed by atoms with Gasteiger partial charge in [0.1, 0.15) is 6.54 Å². The van der Waals surface area contributed by atoms with Crippen molar-refractivity contribution in [3.05, 3.63) is 21.9 Å². The number of hydrogen-bond donors (Lipinski definition) is 0. The lowest BCUT2D eigenvalue weighted by Gasteiger charge is -2.25. The van der Waals surface area contributed by atoms with E-state index in [1.165, 1.54) is 9.75 Å². The van der Waals surface area contributed by atoms with Crippen molar-refractivity contribution in [3.8, 4) is 0 Å². The number of carbonyl (C=O) groups is 2. The standard InChI is InChI=1S/C16H23N3O2S/c1-11-4-5-12(22-11)9-18-7-6-13-14(18)8-15(20)19(13)10-16(21)17(2)3/h4-5,13-14H,6-10H2,1-3H3/t13-,14-/m1/s1. The Balaban J connectivity index is 1.67. The van der Waals surface area contributed by atoms with Gasteiger partial charge in [0.2, 0.25) is 11.8 Å². The van der Waals surface area contributed by atoms with Crippen LogP contribution in [0.5, 0.6) is 0 Å². The van der Waals surface area contributed by atoms with Gasteiger partial charge in [-0.1, -0.05) is 0 Å². The molecule has 6 heteroatoms. The third-order valence-corrected chi connectivity index (χ3v) is 5.67. The zero-order valence-electron chi connectivity index (χ0n) is 13.4. The number of amides is 2. The van der Waals surface area contributed by atoms with Gasteiger partial charge in [-0.05, 0) is 25.5 Å².